The van der Waals surface area contributed by atoms with Gasteiger partial charge in [-0.15, -0.1) is 0 Å². The highest BCUT2D eigenvalue weighted by molar-refractivity contribution is 5.81. The molecule has 3 aliphatic heterocycles. The third-order valence-corrected chi connectivity index (χ3v) is 6.03. The Balaban J connectivity index is 1.61. The van der Waals surface area contributed by atoms with Crippen molar-refractivity contribution < 1.29 is 4.74 Å². The van der Waals surface area contributed by atoms with E-state index in [9.17, 15) is 5.26 Å². The zero-order valence-corrected chi connectivity index (χ0v) is 17.2. The zero-order valence-electron chi connectivity index (χ0n) is 17.2. The predicted molar refractivity (Wildman–Crippen MR) is 122 cm³/mol. The average molecular weight is 417 g/mol. The van der Waals surface area contributed by atoms with E-state index in [0.29, 0.717) is 12.1 Å². The summed E-state index contributed by atoms with van der Waals surface area (Å²) < 4.78 is 7.91. The summed E-state index contributed by atoms with van der Waals surface area (Å²) in [6.07, 6.45) is 28.0. The number of aliphatic imine (C=N–C) groups is 1. The van der Waals surface area contributed by atoms with Gasteiger partial charge in [0, 0.05) is 36.5 Å². The summed E-state index contributed by atoms with van der Waals surface area (Å²) in [7, 11) is 0. The number of ether oxygens (including phenoxy) is 1. The van der Waals surface area contributed by atoms with Crippen molar-refractivity contribution in [3.63, 3.8) is 0 Å². The van der Waals surface area contributed by atoms with Gasteiger partial charge in [0.2, 0.25) is 0 Å². The first-order valence-corrected chi connectivity index (χ1v) is 10.5. The number of rotatable bonds is 0. The minimum atomic E-state index is -0.0626. The van der Waals surface area contributed by atoms with Gasteiger partial charge in [0.1, 0.15) is 11.8 Å². The molecule has 154 valence electrons. The van der Waals surface area contributed by atoms with Crippen molar-refractivity contribution in [3.8, 4) is 6.07 Å². The minimum Gasteiger partial charge on any atom is -0.465 e. The molecule has 1 unspecified atom stereocenters. The summed E-state index contributed by atoms with van der Waals surface area (Å²) in [6, 6.07) is 2.46. The highest BCUT2D eigenvalue weighted by atomic mass is 16.5. The second kappa shape index (κ2) is 7.40. The van der Waals surface area contributed by atoms with Crippen LogP contribution >= 0.6 is 0 Å². The molecule has 2 aliphatic carbocycles. The molecule has 1 aromatic heterocycles. The Morgan fingerprint density at radius 1 is 1.16 bits per heavy atom. The van der Waals surface area contributed by atoms with Gasteiger partial charge in [-0.3, -0.25) is 4.99 Å². The Morgan fingerprint density at radius 3 is 3.06 bits per heavy atom. The van der Waals surface area contributed by atoms with Crippen molar-refractivity contribution in [1.29, 1.82) is 5.26 Å². The van der Waals surface area contributed by atoms with Crippen LogP contribution in [0.2, 0.25) is 0 Å². The monoisotopic (exact) mass is 417 g/mol. The van der Waals surface area contributed by atoms with E-state index in [1.807, 2.05) is 55.3 Å². The molecular formula is C26H19N5O. The molecule has 7 bridgehead atoms. The van der Waals surface area contributed by atoms with E-state index in [1.165, 1.54) is 0 Å². The van der Waals surface area contributed by atoms with Crippen LogP contribution in [-0.2, 0) is 4.74 Å². The number of aromatic nitrogens is 2. The van der Waals surface area contributed by atoms with Gasteiger partial charge in [-0.1, -0.05) is 18.2 Å². The average Bonchev–Trinajstić information content (AvgIpc) is 3.24. The molecule has 32 heavy (non-hydrogen) atoms. The van der Waals surface area contributed by atoms with Gasteiger partial charge in [-0.05, 0) is 47.6 Å². The second-order valence-electron chi connectivity index (χ2n) is 7.93. The van der Waals surface area contributed by atoms with E-state index in [0.717, 1.165) is 46.1 Å². The first-order valence-electron chi connectivity index (χ1n) is 10.5. The van der Waals surface area contributed by atoms with Crippen molar-refractivity contribution >= 4 is 11.9 Å². The normalized spacial score (nSPS) is 22.9. The maximum Gasteiger partial charge on any atom is 0.123 e. The van der Waals surface area contributed by atoms with E-state index in [1.54, 1.807) is 6.26 Å². The van der Waals surface area contributed by atoms with Crippen LogP contribution in [0.15, 0.2) is 119 Å². The molecule has 0 saturated carbocycles. The summed E-state index contributed by atoms with van der Waals surface area (Å²) in [4.78, 5) is 11.3. The van der Waals surface area contributed by atoms with Crippen molar-refractivity contribution in [2.24, 2.45) is 10.9 Å². The number of hydrogen-bond acceptors (Lipinski definition) is 5. The quantitative estimate of drug-likeness (QED) is 0.623. The van der Waals surface area contributed by atoms with Gasteiger partial charge in [-0.2, -0.15) is 5.26 Å². The lowest BCUT2D eigenvalue weighted by atomic mass is 9.80. The molecule has 0 aromatic carbocycles. The van der Waals surface area contributed by atoms with Crippen molar-refractivity contribution in [2.45, 2.75) is 6.42 Å². The molecule has 1 atom stereocenters. The molecule has 0 amide bonds. The van der Waals surface area contributed by atoms with Crippen LogP contribution in [0.5, 0.6) is 0 Å². The highest BCUT2D eigenvalue weighted by Crippen LogP contribution is 2.42. The van der Waals surface area contributed by atoms with Crippen molar-refractivity contribution in [1.82, 2.24) is 14.5 Å². The van der Waals surface area contributed by atoms with Crippen molar-refractivity contribution in [3.05, 3.63) is 119 Å². The first-order chi connectivity index (χ1) is 15.8. The molecule has 0 fully saturated rings. The summed E-state index contributed by atoms with van der Waals surface area (Å²) in [5.41, 5.74) is 6.46. The molecule has 5 aliphatic rings. The summed E-state index contributed by atoms with van der Waals surface area (Å²) in [5, 5.41) is 10.1. The van der Waals surface area contributed by atoms with E-state index in [-0.39, 0.29) is 5.92 Å². The van der Waals surface area contributed by atoms with E-state index < -0.39 is 0 Å². The topological polar surface area (TPSA) is 66.4 Å². The Kier molecular flexibility index (Phi) is 4.25. The van der Waals surface area contributed by atoms with Gasteiger partial charge >= 0.3 is 0 Å². The standard InChI is InChI=1S/C26H19N5O/c27-13-25-19-10-18-5-6-23-12-24(18)26(25)30-8-7-21(4-2-1-3-9-32-23)31-17-28-14-22(31)15-29-20(11-19)16-30/h1-6,9-12,14-17,24H,7-8H2. The number of fused-ring (bicyclic) bond motifs is 5. The van der Waals surface area contributed by atoms with Gasteiger partial charge < -0.3 is 14.2 Å². The molecule has 0 saturated heterocycles. The van der Waals surface area contributed by atoms with Crippen LogP contribution in [-0.4, -0.2) is 27.2 Å². The van der Waals surface area contributed by atoms with Crippen LogP contribution in [0, 0.1) is 17.2 Å². The SMILES string of the molecule is N#CC1=C2C3C=C4C=CC3=CC1=CC1=CN2CCC(=CC=CC=CO4)n2cncc2C=N1. The van der Waals surface area contributed by atoms with E-state index in [2.05, 4.69) is 44.8 Å². The zero-order chi connectivity index (χ0) is 21.5. The second-order valence-corrected chi connectivity index (χ2v) is 7.93. The number of imidazole rings is 1. The highest BCUT2D eigenvalue weighted by Gasteiger charge is 2.33. The number of nitriles is 1. The smallest absolute Gasteiger partial charge is 0.123 e. The van der Waals surface area contributed by atoms with Crippen LogP contribution in [0.1, 0.15) is 12.1 Å². The third kappa shape index (κ3) is 3.03. The lowest BCUT2D eigenvalue weighted by Gasteiger charge is -2.34. The molecule has 6 heteroatoms. The van der Waals surface area contributed by atoms with E-state index >= 15 is 0 Å². The third-order valence-electron chi connectivity index (χ3n) is 6.03. The van der Waals surface area contributed by atoms with Crippen LogP contribution in [0.3, 0.4) is 0 Å². The van der Waals surface area contributed by atoms with Gasteiger partial charge in [-0.25, -0.2) is 4.98 Å². The van der Waals surface area contributed by atoms with Crippen LogP contribution in [0.25, 0.3) is 5.70 Å². The van der Waals surface area contributed by atoms with E-state index in [4.69, 9.17) is 9.73 Å². The maximum absolute atomic E-state index is 10.1. The molecule has 4 heterocycles. The molecule has 1 aromatic rings. The Morgan fingerprint density at radius 2 is 2.12 bits per heavy atom. The van der Waals surface area contributed by atoms with Crippen LogP contribution in [0.4, 0.5) is 0 Å². The summed E-state index contributed by atoms with van der Waals surface area (Å²) in [5.74, 6) is 0.699. The fraction of sp³-hybridized carbons (Fsp3) is 0.115. The number of hydrogen-bond donors (Lipinski definition) is 0. The Labute approximate surface area is 185 Å². The summed E-state index contributed by atoms with van der Waals surface area (Å²) in [6.45, 7) is 0.700. The first kappa shape index (κ1) is 18.4. The maximum atomic E-state index is 10.1. The van der Waals surface area contributed by atoms with Gasteiger partial charge in [0.25, 0.3) is 0 Å². The predicted octanol–water partition coefficient (Wildman–Crippen LogP) is 4.52. The fourth-order valence-corrected chi connectivity index (χ4v) is 4.54. The fourth-order valence-electron chi connectivity index (χ4n) is 4.54. The van der Waals surface area contributed by atoms with Crippen LogP contribution < -0.4 is 0 Å². The largest absolute Gasteiger partial charge is 0.465 e. The lowest BCUT2D eigenvalue weighted by Crippen LogP contribution is -2.28. The number of nitrogens with zero attached hydrogens (tertiary/aromatic N) is 5. The molecule has 6 nitrogen and oxygen atoms in total. The number of allylic oxidation sites excluding steroid dienone is 11. The minimum absolute atomic E-state index is 0.0626. The molecule has 0 radical (unpaired) electrons. The molecule has 0 N–H and O–H groups in total. The molecule has 0 spiro atoms. The molecular weight excluding hydrogens is 398 g/mol. The van der Waals surface area contributed by atoms with Gasteiger partial charge in [0.05, 0.1) is 42.0 Å². The Hall–Kier alpha value is -4.37. The van der Waals surface area contributed by atoms with Crippen molar-refractivity contribution in [2.75, 3.05) is 6.54 Å². The lowest BCUT2D eigenvalue weighted by molar-refractivity contribution is 0.358. The van der Waals surface area contributed by atoms with Gasteiger partial charge in [0.15, 0.2) is 0 Å². The Bertz CT molecular complexity index is 1360. The molecule has 6 rings (SSSR count). The summed E-state index contributed by atoms with van der Waals surface area (Å²) >= 11 is 0.